The molecule has 1 nitrogen and oxygen atoms in total. The highest BCUT2D eigenvalue weighted by Crippen LogP contribution is 1.93. The van der Waals surface area contributed by atoms with Gasteiger partial charge in [0.2, 0.25) is 0 Å². The summed E-state index contributed by atoms with van der Waals surface area (Å²) in [6, 6.07) is 0. The minimum Gasteiger partial charge on any atom is -0.393 e. The molecule has 0 aromatic heterocycles. The molecule has 0 saturated heterocycles. The van der Waals surface area contributed by atoms with Gasteiger partial charge in [-0.15, -0.1) is 6.58 Å². The first-order chi connectivity index (χ1) is 3.27. The molecule has 42 valence electrons. The van der Waals surface area contributed by atoms with Crippen molar-refractivity contribution in [3.63, 3.8) is 0 Å². The number of allylic oxidation sites excluding steroid dienone is 1. The molecule has 0 fully saturated rings. The molecule has 0 spiro atoms. The van der Waals surface area contributed by atoms with Crippen LogP contribution in [0.3, 0.4) is 0 Å². The highest BCUT2D eigenvalue weighted by molar-refractivity contribution is 4.66. The van der Waals surface area contributed by atoms with Crippen LogP contribution in [0.5, 0.6) is 0 Å². The van der Waals surface area contributed by atoms with E-state index in [-0.39, 0.29) is 6.10 Å². The number of aliphatic hydroxyl groups excluding tert-OH is 1. The minimum atomic E-state index is -0.169. The molecule has 1 heteroatoms. The molecule has 0 aliphatic rings. The number of aliphatic hydroxyl groups is 1. The third kappa shape index (κ3) is 5.70. The fraction of sp³-hybridized carbons (Fsp3) is 0.667. The summed E-state index contributed by atoms with van der Waals surface area (Å²) in [6.45, 7) is 5.30. The molecule has 0 amide bonds. The van der Waals surface area contributed by atoms with E-state index in [0.29, 0.717) is 0 Å². The summed E-state index contributed by atoms with van der Waals surface area (Å²) < 4.78 is 0. The van der Waals surface area contributed by atoms with Crippen molar-refractivity contribution in [1.29, 1.82) is 0 Å². The van der Waals surface area contributed by atoms with E-state index < -0.39 is 0 Å². The summed E-state index contributed by atoms with van der Waals surface area (Å²) in [5.41, 5.74) is 0. The summed E-state index contributed by atoms with van der Waals surface area (Å²) in [4.78, 5) is 0. The Morgan fingerprint density at radius 2 is 2.43 bits per heavy atom. The van der Waals surface area contributed by atoms with Crippen LogP contribution in [0, 0.1) is 0 Å². The van der Waals surface area contributed by atoms with Gasteiger partial charge in [-0.3, -0.25) is 0 Å². The average molecular weight is 100 g/mol. The lowest BCUT2D eigenvalue weighted by molar-refractivity contribution is 0.186. The largest absolute Gasteiger partial charge is 0.393 e. The second kappa shape index (κ2) is 3.88. The van der Waals surface area contributed by atoms with Crippen molar-refractivity contribution in [3.05, 3.63) is 12.7 Å². The van der Waals surface area contributed by atoms with Gasteiger partial charge in [-0.1, -0.05) is 6.08 Å². The maximum Gasteiger partial charge on any atom is 0.0515 e. The van der Waals surface area contributed by atoms with E-state index in [1.165, 1.54) is 0 Å². The molecular weight excluding hydrogens is 88.1 g/mol. The SMILES string of the molecule is C=CCC[C@H](C)O. The van der Waals surface area contributed by atoms with Crippen molar-refractivity contribution in [2.45, 2.75) is 25.9 Å². The zero-order valence-electron chi connectivity index (χ0n) is 4.72. The van der Waals surface area contributed by atoms with Crippen molar-refractivity contribution in [2.24, 2.45) is 0 Å². The van der Waals surface area contributed by atoms with E-state index >= 15 is 0 Å². The van der Waals surface area contributed by atoms with Gasteiger partial charge in [-0.2, -0.15) is 0 Å². The van der Waals surface area contributed by atoms with Gasteiger partial charge in [0, 0.05) is 0 Å². The lowest BCUT2D eigenvalue weighted by Crippen LogP contribution is -1.96. The van der Waals surface area contributed by atoms with Crippen molar-refractivity contribution in [2.75, 3.05) is 0 Å². The van der Waals surface area contributed by atoms with Crippen LogP contribution in [0.1, 0.15) is 19.8 Å². The normalized spacial score (nSPS) is 13.4. The van der Waals surface area contributed by atoms with E-state index in [9.17, 15) is 0 Å². The molecule has 0 heterocycles. The molecule has 0 aromatic carbocycles. The first kappa shape index (κ1) is 6.70. The number of rotatable bonds is 3. The second-order valence-corrected chi connectivity index (χ2v) is 1.72. The summed E-state index contributed by atoms with van der Waals surface area (Å²) in [5.74, 6) is 0. The Hall–Kier alpha value is -0.300. The maximum atomic E-state index is 8.64. The molecule has 0 aliphatic heterocycles. The molecule has 1 N–H and O–H groups in total. The molecule has 0 bridgehead atoms. The zero-order valence-corrected chi connectivity index (χ0v) is 4.72. The number of hydrogen-bond acceptors (Lipinski definition) is 1. The van der Waals surface area contributed by atoms with Crippen LogP contribution in [0.2, 0.25) is 0 Å². The first-order valence-electron chi connectivity index (χ1n) is 2.56. The molecular formula is C6H12O. The van der Waals surface area contributed by atoms with Gasteiger partial charge in [-0.25, -0.2) is 0 Å². The molecule has 7 heavy (non-hydrogen) atoms. The fourth-order valence-corrected chi connectivity index (χ4v) is 0.359. The van der Waals surface area contributed by atoms with Gasteiger partial charge < -0.3 is 5.11 Å². The predicted octanol–water partition coefficient (Wildman–Crippen LogP) is 1.33. The van der Waals surface area contributed by atoms with E-state index in [1.54, 1.807) is 6.92 Å². The van der Waals surface area contributed by atoms with Crippen LogP contribution < -0.4 is 0 Å². The van der Waals surface area contributed by atoms with E-state index in [1.807, 2.05) is 6.08 Å². The molecule has 0 rings (SSSR count). The van der Waals surface area contributed by atoms with Crippen LogP contribution in [0.15, 0.2) is 12.7 Å². The lowest BCUT2D eigenvalue weighted by Gasteiger charge is -1.96. The van der Waals surface area contributed by atoms with Crippen molar-refractivity contribution in [1.82, 2.24) is 0 Å². The Balaban J connectivity index is 2.81. The maximum absolute atomic E-state index is 8.64. The van der Waals surface area contributed by atoms with Crippen molar-refractivity contribution < 1.29 is 5.11 Å². The first-order valence-corrected chi connectivity index (χ1v) is 2.56. The smallest absolute Gasteiger partial charge is 0.0515 e. The zero-order chi connectivity index (χ0) is 5.70. The lowest BCUT2D eigenvalue weighted by atomic mass is 10.2. The van der Waals surface area contributed by atoms with Gasteiger partial charge in [0.1, 0.15) is 0 Å². The van der Waals surface area contributed by atoms with Crippen molar-refractivity contribution >= 4 is 0 Å². The van der Waals surface area contributed by atoms with E-state index in [4.69, 9.17) is 5.11 Å². The van der Waals surface area contributed by atoms with Crippen LogP contribution in [-0.2, 0) is 0 Å². The highest BCUT2D eigenvalue weighted by Gasteiger charge is 1.88. The highest BCUT2D eigenvalue weighted by atomic mass is 16.3. The molecule has 0 unspecified atom stereocenters. The minimum absolute atomic E-state index is 0.169. The molecule has 0 aromatic rings. The molecule has 0 saturated carbocycles. The van der Waals surface area contributed by atoms with Crippen LogP contribution in [-0.4, -0.2) is 11.2 Å². The predicted molar refractivity (Wildman–Crippen MR) is 31.1 cm³/mol. The average Bonchev–Trinajstić information content (AvgIpc) is 1.61. The van der Waals surface area contributed by atoms with Crippen LogP contribution in [0.25, 0.3) is 0 Å². The number of hydrogen-bond donors (Lipinski definition) is 1. The van der Waals surface area contributed by atoms with E-state index in [2.05, 4.69) is 6.58 Å². The Morgan fingerprint density at radius 1 is 1.86 bits per heavy atom. The molecule has 0 aliphatic carbocycles. The molecule has 0 radical (unpaired) electrons. The van der Waals surface area contributed by atoms with Crippen LogP contribution >= 0.6 is 0 Å². The van der Waals surface area contributed by atoms with Gasteiger partial charge in [0.25, 0.3) is 0 Å². The molecule has 1 atom stereocenters. The van der Waals surface area contributed by atoms with Gasteiger partial charge in [-0.05, 0) is 19.8 Å². The summed E-state index contributed by atoms with van der Waals surface area (Å²) >= 11 is 0. The summed E-state index contributed by atoms with van der Waals surface area (Å²) in [5, 5.41) is 8.64. The summed E-state index contributed by atoms with van der Waals surface area (Å²) in [7, 11) is 0. The monoisotopic (exact) mass is 100 g/mol. The van der Waals surface area contributed by atoms with Crippen molar-refractivity contribution in [3.8, 4) is 0 Å². The fourth-order valence-electron chi connectivity index (χ4n) is 0.359. The standard InChI is InChI=1S/C6H12O/c1-3-4-5-6(2)7/h3,6-7H,1,4-5H2,2H3/t6-/m0/s1. The van der Waals surface area contributed by atoms with Gasteiger partial charge in [0.05, 0.1) is 6.10 Å². The Labute approximate surface area is 44.7 Å². The topological polar surface area (TPSA) is 20.2 Å². The quantitative estimate of drug-likeness (QED) is 0.530. The Kier molecular flexibility index (Phi) is 3.71. The van der Waals surface area contributed by atoms with E-state index in [0.717, 1.165) is 12.8 Å². The Morgan fingerprint density at radius 3 is 2.57 bits per heavy atom. The van der Waals surface area contributed by atoms with Gasteiger partial charge in [0.15, 0.2) is 0 Å². The Bertz CT molecular complexity index is 48.1. The third-order valence-electron chi connectivity index (χ3n) is 0.789. The second-order valence-electron chi connectivity index (χ2n) is 1.72. The van der Waals surface area contributed by atoms with Crippen LogP contribution in [0.4, 0.5) is 0 Å². The third-order valence-corrected chi connectivity index (χ3v) is 0.789. The van der Waals surface area contributed by atoms with Gasteiger partial charge >= 0.3 is 0 Å². The summed E-state index contributed by atoms with van der Waals surface area (Å²) in [6.07, 6.45) is 3.39.